The molecule has 0 aliphatic heterocycles. The second-order valence-electron chi connectivity index (χ2n) is 2.35. The Morgan fingerprint density at radius 1 is 1.55 bits per heavy atom. The lowest BCUT2D eigenvalue weighted by Crippen LogP contribution is -2.27. The molecule has 1 unspecified atom stereocenters. The van der Waals surface area contributed by atoms with Crippen molar-refractivity contribution < 1.29 is 11.3 Å². The number of nitrogens with two attached hydrogens (primary N) is 1. The highest BCUT2D eigenvalue weighted by atomic mass is 16.3. The van der Waals surface area contributed by atoms with Crippen molar-refractivity contribution in [1.29, 1.82) is 0 Å². The van der Waals surface area contributed by atoms with E-state index >= 15 is 0 Å². The average molecular weight is 163 g/mol. The van der Waals surface area contributed by atoms with Crippen molar-refractivity contribution in [3.8, 4) is 0 Å². The average Bonchev–Trinajstić information content (AvgIpc) is 2.05. The first kappa shape index (κ1) is 13.1. The fraction of sp³-hybridized carbons (Fsp3) is 0.875. The Labute approximate surface area is 70.1 Å². The van der Waals surface area contributed by atoms with Crippen molar-refractivity contribution in [2.24, 2.45) is 17.6 Å². The third-order valence-corrected chi connectivity index (χ3v) is 1.59. The van der Waals surface area contributed by atoms with E-state index in [-0.39, 0.29) is 25.8 Å². The molecule has 0 spiro atoms. The van der Waals surface area contributed by atoms with Crippen LogP contribution in [0.5, 0.6) is 0 Å². The molecule has 3 nitrogen and oxygen atoms in total. The summed E-state index contributed by atoms with van der Waals surface area (Å²) in [7, 11) is 0. The largest absolute Gasteiger partial charge is 0.396 e. The molecule has 0 aromatic rings. The van der Waals surface area contributed by atoms with Gasteiger partial charge in [0.15, 0.2) is 0 Å². The second-order valence-corrected chi connectivity index (χ2v) is 2.35. The lowest BCUT2D eigenvalue weighted by molar-refractivity contribution is -0.123. The van der Waals surface area contributed by atoms with Gasteiger partial charge < -0.3 is 10.8 Å². The Balaban J connectivity index is -0.000000249. The van der Waals surface area contributed by atoms with E-state index in [0.29, 0.717) is 0 Å². The summed E-state index contributed by atoms with van der Waals surface area (Å²) in [6, 6.07) is 0. The van der Waals surface area contributed by atoms with Crippen molar-refractivity contribution in [2.45, 2.75) is 27.7 Å². The van der Waals surface area contributed by atoms with Crippen LogP contribution in [0.4, 0.5) is 0 Å². The Bertz CT molecular complexity index is 109. The van der Waals surface area contributed by atoms with Gasteiger partial charge in [-0.25, -0.2) is 0 Å². The van der Waals surface area contributed by atoms with Gasteiger partial charge in [0.25, 0.3) is 0 Å². The van der Waals surface area contributed by atoms with E-state index in [9.17, 15) is 4.79 Å². The van der Waals surface area contributed by atoms with E-state index in [2.05, 4.69) is 0 Å². The highest BCUT2D eigenvalue weighted by molar-refractivity contribution is 5.76. The molecule has 0 aliphatic carbocycles. The van der Waals surface area contributed by atoms with E-state index in [1.807, 2.05) is 13.8 Å². The molecule has 2 atom stereocenters. The molecule has 0 saturated heterocycles. The van der Waals surface area contributed by atoms with E-state index < -0.39 is 0 Å². The summed E-state index contributed by atoms with van der Waals surface area (Å²) in [6.07, 6.45) is 0. The lowest BCUT2D eigenvalue weighted by atomic mass is 9.97. The number of primary amides is 1. The summed E-state index contributed by atoms with van der Waals surface area (Å²) < 4.78 is 0. The fourth-order valence-corrected chi connectivity index (χ4v) is 0.439. The van der Waals surface area contributed by atoms with Crippen LogP contribution in [0.25, 0.3) is 0 Å². The van der Waals surface area contributed by atoms with Gasteiger partial charge in [-0.1, -0.05) is 27.7 Å². The van der Waals surface area contributed by atoms with E-state index in [0.717, 1.165) is 0 Å². The summed E-state index contributed by atoms with van der Waals surface area (Å²) in [5, 5.41) is 8.55. The fourth-order valence-electron chi connectivity index (χ4n) is 0.439. The molecular formula is C8H21NO2. The third kappa shape index (κ3) is 5.85. The molecule has 11 heavy (non-hydrogen) atoms. The third-order valence-electron chi connectivity index (χ3n) is 1.59. The van der Waals surface area contributed by atoms with E-state index in [1.165, 1.54) is 0 Å². The first-order valence-corrected chi connectivity index (χ1v) is 3.99. The van der Waals surface area contributed by atoms with Crippen molar-refractivity contribution in [3.63, 3.8) is 0 Å². The van der Waals surface area contributed by atoms with Crippen molar-refractivity contribution in [1.82, 2.24) is 0 Å². The van der Waals surface area contributed by atoms with Crippen molar-refractivity contribution in [2.75, 3.05) is 6.61 Å². The summed E-state index contributed by atoms with van der Waals surface area (Å²) in [5.74, 6) is -0.603. The molecule has 0 aromatic heterocycles. The second kappa shape index (κ2) is 7.54. The van der Waals surface area contributed by atoms with Gasteiger partial charge in [-0.05, 0) is 5.92 Å². The zero-order chi connectivity index (χ0) is 9.44. The van der Waals surface area contributed by atoms with Gasteiger partial charge in [-0.3, -0.25) is 4.79 Å². The predicted octanol–water partition coefficient (Wildman–Crippen LogP) is 1.01. The SMILES string of the molecule is CC.CC(C(N)=O)[C@@H](C)CO.[HH]. The molecule has 3 N–H and O–H groups in total. The highest BCUT2D eigenvalue weighted by Gasteiger charge is 2.15. The maximum atomic E-state index is 10.4. The van der Waals surface area contributed by atoms with E-state index in [4.69, 9.17) is 10.8 Å². The van der Waals surface area contributed by atoms with Crippen LogP contribution in [0.2, 0.25) is 0 Å². The number of rotatable bonds is 3. The molecule has 0 bridgehead atoms. The number of carbonyl (C=O) groups excluding carboxylic acids is 1. The van der Waals surface area contributed by atoms with Crippen LogP contribution in [-0.4, -0.2) is 17.6 Å². The molecule has 0 aromatic carbocycles. The summed E-state index contributed by atoms with van der Waals surface area (Å²) in [6.45, 7) is 7.52. The Morgan fingerprint density at radius 3 is 2.00 bits per heavy atom. The summed E-state index contributed by atoms with van der Waals surface area (Å²) in [5.41, 5.74) is 4.96. The first-order chi connectivity index (χ1) is 5.09. The topological polar surface area (TPSA) is 63.3 Å². The zero-order valence-electron chi connectivity index (χ0n) is 7.79. The molecule has 0 saturated carbocycles. The number of hydrogen-bond donors (Lipinski definition) is 2. The van der Waals surface area contributed by atoms with Crippen LogP contribution in [-0.2, 0) is 4.79 Å². The van der Waals surface area contributed by atoms with Gasteiger partial charge in [0.2, 0.25) is 5.91 Å². The highest BCUT2D eigenvalue weighted by Crippen LogP contribution is 2.07. The van der Waals surface area contributed by atoms with Crippen LogP contribution < -0.4 is 5.73 Å². The van der Waals surface area contributed by atoms with Gasteiger partial charge in [-0.15, -0.1) is 0 Å². The minimum atomic E-state index is -0.350. The monoisotopic (exact) mass is 163 g/mol. The van der Waals surface area contributed by atoms with Crippen LogP contribution in [0.15, 0.2) is 0 Å². The maximum Gasteiger partial charge on any atom is 0.220 e. The lowest BCUT2D eigenvalue weighted by Gasteiger charge is -2.12. The van der Waals surface area contributed by atoms with Crippen molar-refractivity contribution >= 4 is 5.91 Å². The van der Waals surface area contributed by atoms with Gasteiger partial charge in [0.05, 0.1) is 0 Å². The predicted molar refractivity (Wildman–Crippen MR) is 48.1 cm³/mol. The number of amides is 1. The normalized spacial score (nSPS) is 14.3. The number of aliphatic hydroxyl groups excluding tert-OH is 1. The van der Waals surface area contributed by atoms with Gasteiger partial charge in [0.1, 0.15) is 0 Å². The molecular weight excluding hydrogens is 142 g/mol. The van der Waals surface area contributed by atoms with Crippen molar-refractivity contribution in [3.05, 3.63) is 0 Å². The molecule has 0 radical (unpaired) electrons. The Morgan fingerprint density at radius 2 is 1.91 bits per heavy atom. The van der Waals surface area contributed by atoms with Crippen LogP contribution >= 0.6 is 0 Å². The first-order valence-electron chi connectivity index (χ1n) is 3.99. The number of hydrogen-bond acceptors (Lipinski definition) is 2. The zero-order valence-corrected chi connectivity index (χ0v) is 7.79. The smallest absolute Gasteiger partial charge is 0.220 e. The molecule has 1 amide bonds. The molecule has 0 rings (SSSR count). The number of carbonyl (C=O) groups is 1. The molecule has 0 heterocycles. The summed E-state index contributed by atoms with van der Waals surface area (Å²) in [4.78, 5) is 10.4. The summed E-state index contributed by atoms with van der Waals surface area (Å²) >= 11 is 0. The molecule has 0 fully saturated rings. The van der Waals surface area contributed by atoms with Crippen LogP contribution in [0, 0.1) is 11.8 Å². The minimum absolute atomic E-state index is 0. The maximum absolute atomic E-state index is 10.4. The quantitative estimate of drug-likeness (QED) is 0.652. The van der Waals surface area contributed by atoms with Crippen LogP contribution in [0.3, 0.4) is 0 Å². The molecule has 70 valence electrons. The molecule has 3 heteroatoms. The van der Waals surface area contributed by atoms with E-state index in [1.54, 1.807) is 13.8 Å². The minimum Gasteiger partial charge on any atom is -0.396 e. The molecule has 0 aliphatic rings. The van der Waals surface area contributed by atoms with Gasteiger partial charge >= 0.3 is 0 Å². The Kier molecular flexibility index (Phi) is 8.94. The van der Waals surface area contributed by atoms with Crippen LogP contribution in [0.1, 0.15) is 29.1 Å². The number of aliphatic hydroxyl groups is 1. The Hall–Kier alpha value is -0.570. The standard InChI is InChI=1S/C6H13NO2.C2H6.H2/c1-4(3-8)5(2)6(7)9;1-2;/h4-5,8H,3H2,1-2H3,(H2,7,9);1-2H3;1H/t4-,5?;;/m0../s1. The van der Waals surface area contributed by atoms with Gasteiger partial charge in [-0.2, -0.15) is 0 Å². The van der Waals surface area contributed by atoms with Gasteiger partial charge in [0, 0.05) is 14.0 Å².